The molecule has 1 amide bonds. The summed E-state index contributed by atoms with van der Waals surface area (Å²) in [5.41, 5.74) is 3.93. The Labute approximate surface area is 175 Å². The van der Waals surface area contributed by atoms with Gasteiger partial charge in [0.1, 0.15) is 0 Å². The molecule has 0 saturated heterocycles. The first kappa shape index (κ1) is 19.3. The van der Waals surface area contributed by atoms with E-state index in [1.807, 2.05) is 78.9 Å². The molecule has 4 heteroatoms. The molecule has 0 aliphatic rings. The lowest BCUT2D eigenvalue weighted by molar-refractivity contribution is 0.0985. The number of carbonyl (C=O) groups excluding carboxylic acids is 1. The van der Waals surface area contributed by atoms with Crippen molar-refractivity contribution in [1.82, 2.24) is 4.98 Å². The SMILES string of the molecule is CC(C)(C)c1ccc(C(=O)N(Cc2ccccc2)c2nc3ccccc3s2)cc1. The molecule has 1 heterocycles. The molecule has 3 nitrogen and oxygen atoms in total. The van der Waals surface area contributed by atoms with Crippen LogP contribution in [0.4, 0.5) is 5.13 Å². The van der Waals surface area contributed by atoms with Crippen molar-refractivity contribution < 1.29 is 4.79 Å². The van der Waals surface area contributed by atoms with Crippen molar-refractivity contribution in [2.75, 3.05) is 4.90 Å². The molecule has 0 N–H and O–H groups in total. The van der Waals surface area contributed by atoms with E-state index in [4.69, 9.17) is 4.98 Å². The zero-order valence-electron chi connectivity index (χ0n) is 16.9. The first-order valence-electron chi connectivity index (χ1n) is 9.74. The van der Waals surface area contributed by atoms with E-state index in [0.717, 1.165) is 20.9 Å². The molecular weight excluding hydrogens is 376 g/mol. The summed E-state index contributed by atoms with van der Waals surface area (Å²) >= 11 is 1.55. The van der Waals surface area contributed by atoms with Gasteiger partial charge in [0, 0.05) is 5.56 Å². The fourth-order valence-electron chi connectivity index (χ4n) is 3.24. The molecule has 0 fully saturated rings. The second kappa shape index (κ2) is 7.80. The first-order valence-corrected chi connectivity index (χ1v) is 10.6. The molecule has 0 spiro atoms. The van der Waals surface area contributed by atoms with Crippen molar-refractivity contribution >= 4 is 32.6 Å². The van der Waals surface area contributed by atoms with E-state index in [0.29, 0.717) is 12.1 Å². The lowest BCUT2D eigenvalue weighted by Gasteiger charge is -2.22. The van der Waals surface area contributed by atoms with Crippen molar-refractivity contribution in [3.8, 4) is 0 Å². The predicted molar refractivity (Wildman–Crippen MR) is 122 cm³/mol. The van der Waals surface area contributed by atoms with Crippen molar-refractivity contribution in [2.24, 2.45) is 0 Å². The second-order valence-corrected chi connectivity index (χ2v) is 9.18. The minimum absolute atomic E-state index is 0.0339. The van der Waals surface area contributed by atoms with Gasteiger partial charge in [-0.2, -0.15) is 0 Å². The van der Waals surface area contributed by atoms with Crippen LogP contribution < -0.4 is 4.90 Å². The summed E-state index contributed by atoms with van der Waals surface area (Å²) in [7, 11) is 0. The molecule has 3 aromatic carbocycles. The third-order valence-corrected chi connectivity index (χ3v) is 6.00. The number of hydrogen-bond donors (Lipinski definition) is 0. The third-order valence-electron chi connectivity index (χ3n) is 4.94. The van der Waals surface area contributed by atoms with Gasteiger partial charge in [-0.25, -0.2) is 4.98 Å². The number of fused-ring (bicyclic) bond motifs is 1. The van der Waals surface area contributed by atoms with Crippen LogP contribution in [0.15, 0.2) is 78.9 Å². The largest absolute Gasteiger partial charge is 0.279 e. The van der Waals surface area contributed by atoms with Crippen LogP contribution in [0.2, 0.25) is 0 Å². The van der Waals surface area contributed by atoms with E-state index in [9.17, 15) is 4.79 Å². The number of anilines is 1. The number of benzene rings is 3. The summed E-state index contributed by atoms with van der Waals surface area (Å²) in [6.07, 6.45) is 0. The molecule has 1 aromatic heterocycles. The molecule has 0 aliphatic carbocycles. The number of hydrogen-bond acceptors (Lipinski definition) is 3. The maximum atomic E-state index is 13.5. The van der Waals surface area contributed by atoms with E-state index < -0.39 is 0 Å². The van der Waals surface area contributed by atoms with Gasteiger partial charge in [-0.05, 0) is 40.8 Å². The molecule has 4 aromatic rings. The summed E-state index contributed by atoms with van der Waals surface area (Å²) in [5.74, 6) is -0.0339. The minimum Gasteiger partial charge on any atom is -0.279 e. The van der Waals surface area contributed by atoms with Crippen LogP contribution in [0, 0.1) is 0 Å². The highest BCUT2D eigenvalue weighted by Crippen LogP contribution is 2.31. The number of thiazole rings is 1. The van der Waals surface area contributed by atoms with Crippen molar-refractivity contribution in [2.45, 2.75) is 32.7 Å². The smallest absolute Gasteiger partial charge is 0.260 e. The Kier molecular flexibility index (Phi) is 5.20. The van der Waals surface area contributed by atoms with Crippen LogP contribution in [-0.4, -0.2) is 10.9 Å². The van der Waals surface area contributed by atoms with Gasteiger partial charge in [0.05, 0.1) is 16.8 Å². The number of para-hydroxylation sites is 1. The Hall–Kier alpha value is -2.98. The molecule has 0 bridgehead atoms. The quantitative estimate of drug-likeness (QED) is 0.395. The molecule has 0 saturated carbocycles. The third kappa shape index (κ3) is 4.22. The maximum absolute atomic E-state index is 13.5. The maximum Gasteiger partial charge on any atom is 0.260 e. The van der Waals surface area contributed by atoms with Crippen molar-refractivity contribution in [1.29, 1.82) is 0 Å². The van der Waals surface area contributed by atoms with E-state index in [-0.39, 0.29) is 11.3 Å². The topological polar surface area (TPSA) is 33.2 Å². The average Bonchev–Trinajstić information content (AvgIpc) is 3.15. The van der Waals surface area contributed by atoms with Gasteiger partial charge in [0.2, 0.25) is 0 Å². The Morgan fingerprint density at radius 2 is 1.55 bits per heavy atom. The highest BCUT2D eigenvalue weighted by atomic mass is 32.1. The van der Waals surface area contributed by atoms with Crippen LogP contribution in [0.5, 0.6) is 0 Å². The molecule has 0 radical (unpaired) electrons. The van der Waals surface area contributed by atoms with Gasteiger partial charge < -0.3 is 0 Å². The summed E-state index contributed by atoms with van der Waals surface area (Å²) in [5, 5.41) is 0.722. The molecule has 29 heavy (non-hydrogen) atoms. The number of nitrogens with zero attached hydrogens (tertiary/aromatic N) is 2. The Bertz CT molecular complexity index is 1090. The molecule has 4 rings (SSSR count). The van der Waals surface area contributed by atoms with E-state index in [1.54, 1.807) is 16.2 Å². The van der Waals surface area contributed by atoms with Gasteiger partial charge in [-0.15, -0.1) is 0 Å². The van der Waals surface area contributed by atoms with Crippen LogP contribution in [-0.2, 0) is 12.0 Å². The minimum atomic E-state index is -0.0339. The molecule has 0 unspecified atom stereocenters. The van der Waals surface area contributed by atoms with E-state index >= 15 is 0 Å². The Morgan fingerprint density at radius 3 is 2.21 bits per heavy atom. The summed E-state index contributed by atoms with van der Waals surface area (Å²) in [6, 6.07) is 26.0. The number of rotatable bonds is 4. The zero-order chi connectivity index (χ0) is 20.4. The standard InChI is InChI=1S/C25H24N2OS/c1-25(2,3)20-15-13-19(14-16-20)23(28)27(17-18-9-5-4-6-10-18)24-26-21-11-7-8-12-22(21)29-24/h4-16H,17H2,1-3H3. The number of carbonyl (C=O) groups is 1. The highest BCUT2D eigenvalue weighted by molar-refractivity contribution is 7.22. The van der Waals surface area contributed by atoms with Crippen LogP contribution in [0.1, 0.15) is 42.3 Å². The van der Waals surface area contributed by atoms with Crippen LogP contribution >= 0.6 is 11.3 Å². The van der Waals surface area contributed by atoms with Gasteiger partial charge >= 0.3 is 0 Å². The highest BCUT2D eigenvalue weighted by Gasteiger charge is 2.22. The lowest BCUT2D eigenvalue weighted by Crippen LogP contribution is -2.30. The van der Waals surface area contributed by atoms with Gasteiger partial charge in [-0.3, -0.25) is 9.69 Å². The van der Waals surface area contributed by atoms with Crippen LogP contribution in [0.25, 0.3) is 10.2 Å². The zero-order valence-corrected chi connectivity index (χ0v) is 17.7. The first-order chi connectivity index (χ1) is 13.9. The summed E-state index contributed by atoms with van der Waals surface area (Å²) < 4.78 is 1.08. The number of aromatic nitrogens is 1. The van der Waals surface area contributed by atoms with Crippen molar-refractivity contribution in [3.63, 3.8) is 0 Å². The van der Waals surface area contributed by atoms with Crippen molar-refractivity contribution in [3.05, 3.63) is 95.6 Å². The monoisotopic (exact) mass is 400 g/mol. The van der Waals surface area contributed by atoms with E-state index in [1.165, 1.54) is 5.56 Å². The molecule has 146 valence electrons. The fourth-order valence-corrected chi connectivity index (χ4v) is 4.20. The Morgan fingerprint density at radius 1 is 0.897 bits per heavy atom. The summed E-state index contributed by atoms with van der Waals surface area (Å²) in [4.78, 5) is 20.0. The Balaban J connectivity index is 1.72. The molecule has 0 aliphatic heterocycles. The summed E-state index contributed by atoms with van der Waals surface area (Å²) in [6.45, 7) is 7.01. The van der Waals surface area contributed by atoms with Gasteiger partial charge in [0.15, 0.2) is 5.13 Å². The number of amides is 1. The molecule has 0 atom stereocenters. The predicted octanol–water partition coefficient (Wildman–Crippen LogP) is 6.44. The average molecular weight is 401 g/mol. The lowest BCUT2D eigenvalue weighted by atomic mass is 9.86. The fraction of sp³-hybridized carbons (Fsp3) is 0.200. The van der Waals surface area contributed by atoms with Gasteiger partial charge in [0.25, 0.3) is 5.91 Å². The molecular formula is C25H24N2OS. The van der Waals surface area contributed by atoms with Crippen LogP contribution in [0.3, 0.4) is 0 Å². The van der Waals surface area contributed by atoms with E-state index in [2.05, 4.69) is 20.8 Å². The normalized spacial score (nSPS) is 11.6. The van der Waals surface area contributed by atoms with Gasteiger partial charge in [-0.1, -0.05) is 86.7 Å². The second-order valence-electron chi connectivity index (χ2n) is 8.17.